The van der Waals surface area contributed by atoms with Gasteiger partial charge in [-0.3, -0.25) is 4.21 Å². The summed E-state index contributed by atoms with van der Waals surface area (Å²) in [6.45, 7) is 0. The van der Waals surface area contributed by atoms with Crippen LogP contribution < -0.4 is 11.7 Å². The van der Waals surface area contributed by atoms with Crippen molar-refractivity contribution in [3.63, 3.8) is 0 Å². The van der Waals surface area contributed by atoms with Crippen molar-refractivity contribution in [3.05, 3.63) is 0 Å². The van der Waals surface area contributed by atoms with Crippen LogP contribution in [0.1, 0.15) is 0 Å². The average molecular weight is 110 g/mol. The molecule has 6 heavy (non-hydrogen) atoms. The average Bonchev–Trinajstić information content (AvgIpc) is 1.36. The minimum absolute atomic E-state index is 0.0833. The van der Waals surface area contributed by atoms with Crippen LogP contribution >= 0.6 is 0 Å². The Kier molecular flexibility index (Phi) is 2.21. The molecule has 0 fully saturated rings. The maximum atomic E-state index is 9.38. The minimum Gasteiger partial charge on any atom is -0.758 e. The quantitative estimate of drug-likeness (QED) is 0.228. The molecule has 0 aromatic carbocycles. The van der Waals surface area contributed by atoms with Gasteiger partial charge in [-0.1, -0.05) is 0 Å². The van der Waals surface area contributed by atoms with Gasteiger partial charge in [0.2, 0.25) is 0 Å². The molecule has 0 radical (unpaired) electrons. The first-order chi connectivity index (χ1) is 2.64. The second-order valence-electron chi connectivity index (χ2n) is 0.577. The summed E-state index contributed by atoms with van der Waals surface area (Å²) < 4.78 is 18.8. The summed E-state index contributed by atoms with van der Waals surface area (Å²) in [5.74, 6) is 8.87. The molecule has 0 saturated heterocycles. The zero-order valence-corrected chi connectivity index (χ0v) is 3.64. The third kappa shape index (κ3) is 2.24. The maximum absolute atomic E-state index is 9.38. The number of hydrogen-bond acceptors (Lipinski definition) is 4. The smallest absolute Gasteiger partial charge is 0.0503 e. The van der Waals surface area contributed by atoms with Gasteiger partial charge >= 0.3 is 0 Å². The highest BCUT2D eigenvalue weighted by Crippen LogP contribution is 1.62. The van der Waals surface area contributed by atoms with E-state index in [0.717, 1.165) is 0 Å². The number of hydrogen-bond donors (Lipinski definition) is 2. The topological polar surface area (TPSA) is 95.4 Å². The normalized spacial score (nSPS) is 15.3. The third-order valence-corrected chi connectivity index (χ3v) is 0.516. The molecule has 0 saturated carbocycles. The molecule has 6 heteroatoms. The van der Waals surface area contributed by atoms with Gasteiger partial charge in [0, 0.05) is 0 Å². The summed E-state index contributed by atoms with van der Waals surface area (Å²) in [5.41, 5.74) is 0. The van der Waals surface area contributed by atoms with Gasteiger partial charge in [0.05, 0.1) is 11.3 Å². The fourth-order valence-corrected chi connectivity index (χ4v) is 0. The van der Waals surface area contributed by atoms with E-state index in [9.17, 15) is 8.76 Å². The van der Waals surface area contributed by atoms with Gasteiger partial charge in [-0.15, -0.1) is 4.52 Å². The Balaban J connectivity index is 3.26. The van der Waals surface area contributed by atoms with Crippen molar-refractivity contribution in [2.45, 2.75) is 0 Å². The predicted octanol–water partition coefficient (Wildman–Crippen LogP) is -2.17. The van der Waals surface area contributed by atoms with E-state index >= 15 is 0 Å². The Hall–Kier alpha value is -0.0100. The van der Waals surface area contributed by atoms with E-state index < -0.39 is 11.3 Å². The first kappa shape index (κ1) is 5.99. The Morgan fingerprint density at radius 1 is 1.67 bits per heavy atom. The van der Waals surface area contributed by atoms with E-state index in [1.54, 1.807) is 0 Å². The Bertz CT molecular complexity index is 59.8. The van der Waals surface area contributed by atoms with Gasteiger partial charge in [-0.2, -0.15) is 0 Å². The lowest BCUT2D eigenvalue weighted by atomic mass is 12.6. The molecule has 0 bridgehead atoms. The van der Waals surface area contributed by atoms with E-state index in [-0.39, 0.29) is 4.52 Å². The fourth-order valence-electron chi connectivity index (χ4n) is 0. The van der Waals surface area contributed by atoms with Crippen LogP contribution in [-0.4, -0.2) is 13.3 Å². The molecule has 0 amide bonds. The van der Waals surface area contributed by atoms with E-state index in [1.165, 1.54) is 0 Å². The number of hydrazine groups is 2. The van der Waals surface area contributed by atoms with Crippen LogP contribution in [0.15, 0.2) is 0 Å². The summed E-state index contributed by atoms with van der Waals surface area (Å²) in [4.78, 5) is 0. The van der Waals surface area contributed by atoms with Gasteiger partial charge in [0.15, 0.2) is 0 Å². The predicted molar refractivity (Wildman–Crippen MR) is 19.1 cm³/mol. The van der Waals surface area contributed by atoms with E-state index in [4.69, 9.17) is 0 Å². The minimum atomic E-state index is -2.48. The van der Waals surface area contributed by atoms with E-state index in [1.807, 2.05) is 0 Å². The lowest BCUT2D eigenvalue weighted by Crippen LogP contribution is -2.39. The molecule has 0 aliphatic carbocycles. The Morgan fingerprint density at radius 2 is 1.83 bits per heavy atom. The largest absolute Gasteiger partial charge is 0.758 e. The van der Waals surface area contributed by atoms with Crippen molar-refractivity contribution in [1.29, 1.82) is 0 Å². The highest BCUT2D eigenvalue weighted by atomic mass is 32.2. The molecular formula is H4N3O2S-. The van der Waals surface area contributed by atoms with Crippen molar-refractivity contribution in [3.8, 4) is 0 Å². The summed E-state index contributed by atoms with van der Waals surface area (Å²) in [6.07, 6.45) is 0. The molecular weight excluding hydrogens is 106 g/mol. The highest BCUT2D eigenvalue weighted by molar-refractivity contribution is 7.76. The second-order valence-corrected chi connectivity index (χ2v) is 1.43. The van der Waals surface area contributed by atoms with Crippen molar-refractivity contribution < 1.29 is 8.76 Å². The van der Waals surface area contributed by atoms with Crippen molar-refractivity contribution in [2.75, 3.05) is 0 Å². The first-order valence-electron chi connectivity index (χ1n) is 1.03. The molecule has 0 aliphatic rings. The molecule has 4 N–H and O–H groups in total. The summed E-state index contributed by atoms with van der Waals surface area (Å²) in [5, 5.41) is 0. The summed E-state index contributed by atoms with van der Waals surface area (Å²) in [6, 6.07) is 0. The Morgan fingerprint density at radius 3 is 1.83 bits per heavy atom. The van der Waals surface area contributed by atoms with Crippen molar-refractivity contribution in [1.82, 2.24) is 4.52 Å². The fraction of sp³-hybridized carbons (Fsp3) is 0. The molecule has 0 spiro atoms. The number of nitrogens with two attached hydrogens (primary N) is 2. The first-order valence-corrected chi connectivity index (χ1v) is 2.06. The van der Waals surface area contributed by atoms with Gasteiger partial charge < -0.3 is 4.55 Å². The lowest BCUT2D eigenvalue weighted by molar-refractivity contribution is 0.411. The summed E-state index contributed by atoms with van der Waals surface area (Å²) in [7, 11) is 0. The zero-order chi connectivity index (χ0) is 5.15. The van der Waals surface area contributed by atoms with E-state index in [2.05, 4.69) is 11.7 Å². The van der Waals surface area contributed by atoms with Crippen LogP contribution in [-0.2, 0) is 11.3 Å². The molecule has 0 aliphatic heterocycles. The van der Waals surface area contributed by atoms with Gasteiger partial charge in [-0.05, 0) is 0 Å². The standard InChI is InChI=1S/H5N3O2S/c1-3(2)6(4)5/h1-2H2,(H,4,5)/p-1. The maximum Gasteiger partial charge on any atom is 0.0503 e. The third-order valence-electron chi connectivity index (χ3n) is 0.172. The number of rotatable bonds is 1. The molecule has 5 nitrogen and oxygen atoms in total. The number of nitrogens with zero attached hydrogens (tertiary/aromatic N) is 1. The van der Waals surface area contributed by atoms with Crippen LogP contribution in [0.25, 0.3) is 0 Å². The van der Waals surface area contributed by atoms with Crippen molar-refractivity contribution >= 4 is 11.3 Å². The molecule has 0 rings (SSSR count). The second kappa shape index (κ2) is 2.21. The van der Waals surface area contributed by atoms with Crippen LogP contribution in [0.3, 0.4) is 0 Å². The molecule has 1 atom stereocenters. The van der Waals surface area contributed by atoms with Crippen LogP contribution in [0.5, 0.6) is 0 Å². The van der Waals surface area contributed by atoms with Gasteiger partial charge in [0.1, 0.15) is 0 Å². The monoisotopic (exact) mass is 110 g/mol. The molecule has 1 unspecified atom stereocenters. The molecule has 0 heterocycles. The Labute approximate surface area is 37.3 Å². The van der Waals surface area contributed by atoms with Crippen molar-refractivity contribution in [2.24, 2.45) is 11.7 Å². The van der Waals surface area contributed by atoms with Crippen LogP contribution in [0.2, 0.25) is 0 Å². The summed E-state index contributed by atoms with van der Waals surface area (Å²) >= 11 is -2.48. The SMILES string of the molecule is NN(N)S(=O)[O-]. The van der Waals surface area contributed by atoms with Crippen LogP contribution in [0, 0.1) is 0 Å². The molecule has 0 aromatic rings. The molecule has 38 valence electrons. The highest BCUT2D eigenvalue weighted by Gasteiger charge is 1.79. The zero-order valence-electron chi connectivity index (χ0n) is 2.83. The van der Waals surface area contributed by atoms with Gasteiger partial charge in [0.25, 0.3) is 0 Å². The van der Waals surface area contributed by atoms with Crippen LogP contribution in [0.4, 0.5) is 0 Å². The lowest BCUT2D eigenvalue weighted by Gasteiger charge is -2.09. The molecule has 0 aromatic heterocycles. The van der Waals surface area contributed by atoms with Gasteiger partial charge in [-0.25, -0.2) is 11.7 Å². The van der Waals surface area contributed by atoms with E-state index in [0.29, 0.717) is 0 Å².